The van der Waals surface area contributed by atoms with E-state index in [1.165, 1.54) is 23.5 Å². The van der Waals surface area contributed by atoms with Gasteiger partial charge in [-0.05, 0) is 30.4 Å². The van der Waals surface area contributed by atoms with Crippen molar-refractivity contribution in [2.45, 2.75) is 31.6 Å². The highest BCUT2D eigenvalue weighted by Gasteiger charge is 2.27. The van der Waals surface area contributed by atoms with Crippen LogP contribution in [0, 0.1) is 5.41 Å². The smallest absolute Gasteiger partial charge is 0.204 e. The second-order valence-electron chi connectivity index (χ2n) is 7.29. The number of hydrogen-bond acceptors (Lipinski definition) is 6. The molecule has 0 aliphatic carbocycles. The van der Waals surface area contributed by atoms with E-state index < -0.39 is 9.84 Å². The second-order valence-corrected chi connectivity index (χ2v) is 10.3. The molecule has 1 aromatic carbocycles. The first-order valence-corrected chi connectivity index (χ1v) is 10.9. The van der Waals surface area contributed by atoms with Crippen molar-refractivity contribution in [1.29, 1.82) is 0 Å². The molecule has 0 spiro atoms. The molecule has 0 saturated carbocycles. The molecule has 0 N–H and O–H groups in total. The van der Waals surface area contributed by atoms with E-state index in [0.29, 0.717) is 15.9 Å². The summed E-state index contributed by atoms with van der Waals surface area (Å²) >= 11 is 1.37. The van der Waals surface area contributed by atoms with Crippen LogP contribution in [0.5, 0.6) is 0 Å². The van der Waals surface area contributed by atoms with Crippen molar-refractivity contribution in [3.8, 4) is 0 Å². The van der Waals surface area contributed by atoms with Crippen molar-refractivity contribution in [1.82, 2.24) is 4.98 Å². The lowest BCUT2D eigenvalue weighted by Crippen LogP contribution is -2.37. The van der Waals surface area contributed by atoms with Crippen molar-refractivity contribution in [3.63, 3.8) is 0 Å². The minimum Gasteiger partial charge on any atom is -0.348 e. The van der Waals surface area contributed by atoms with Crippen LogP contribution in [-0.2, 0) is 9.84 Å². The summed E-state index contributed by atoms with van der Waals surface area (Å²) in [6, 6.07) is 6.16. The maximum Gasteiger partial charge on any atom is 0.204 e. The van der Waals surface area contributed by atoms with Crippen molar-refractivity contribution >= 4 is 32.1 Å². The number of carbonyl (C=O) groups is 1. The Labute approximate surface area is 152 Å². The number of thiazole rings is 1. The van der Waals surface area contributed by atoms with Gasteiger partial charge in [0.1, 0.15) is 0 Å². The van der Waals surface area contributed by atoms with Crippen molar-refractivity contribution in [3.05, 3.63) is 40.9 Å². The zero-order valence-electron chi connectivity index (χ0n) is 14.7. The molecule has 5 nitrogen and oxygen atoms in total. The van der Waals surface area contributed by atoms with Gasteiger partial charge in [0.2, 0.25) is 5.78 Å². The molecule has 2 heterocycles. The van der Waals surface area contributed by atoms with E-state index in [1.807, 2.05) is 0 Å². The van der Waals surface area contributed by atoms with Crippen LogP contribution in [-0.4, -0.2) is 38.5 Å². The molecule has 25 heavy (non-hydrogen) atoms. The molecule has 1 aromatic heterocycles. The highest BCUT2D eigenvalue weighted by atomic mass is 32.2. The van der Waals surface area contributed by atoms with Crippen LogP contribution in [0.3, 0.4) is 0 Å². The van der Waals surface area contributed by atoms with Crippen LogP contribution >= 0.6 is 11.3 Å². The fraction of sp³-hybridized carbons (Fsp3) is 0.444. The average Bonchev–Trinajstić information content (AvgIpc) is 3.03. The molecular weight excluding hydrogens is 356 g/mol. The summed E-state index contributed by atoms with van der Waals surface area (Å²) < 4.78 is 23.4. The molecule has 2 aromatic rings. The monoisotopic (exact) mass is 378 g/mol. The van der Waals surface area contributed by atoms with Crippen molar-refractivity contribution in [2.24, 2.45) is 5.41 Å². The number of ketones is 1. The van der Waals surface area contributed by atoms with Gasteiger partial charge in [-0.15, -0.1) is 0 Å². The van der Waals surface area contributed by atoms with Gasteiger partial charge in [0.25, 0.3) is 0 Å². The number of benzene rings is 1. The molecule has 1 aliphatic heterocycles. The molecule has 0 atom stereocenters. The highest BCUT2D eigenvalue weighted by molar-refractivity contribution is 7.90. The minimum atomic E-state index is -3.34. The van der Waals surface area contributed by atoms with E-state index in [4.69, 9.17) is 0 Å². The summed E-state index contributed by atoms with van der Waals surface area (Å²) in [6.45, 7) is 6.43. The Morgan fingerprint density at radius 2 is 1.92 bits per heavy atom. The van der Waals surface area contributed by atoms with Gasteiger partial charge in [0.05, 0.1) is 16.0 Å². The minimum absolute atomic E-state index is 0.154. The maximum absolute atomic E-state index is 12.7. The fourth-order valence-corrected chi connectivity index (χ4v) is 4.43. The number of aromatic nitrogens is 1. The molecule has 0 amide bonds. The number of hydrogen-bond donors (Lipinski definition) is 0. The maximum atomic E-state index is 12.7. The summed E-state index contributed by atoms with van der Waals surface area (Å²) in [7, 11) is -3.34. The Balaban J connectivity index is 1.80. The molecule has 1 saturated heterocycles. The van der Waals surface area contributed by atoms with E-state index >= 15 is 0 Å². The Kier molecular flexibility index (Phi) is 4.72. The van der Waals surface area contributed by atoms with Crippen LogP contribution in [0.15, 0.2) is 35.4 Å². The largest absolute Gasteiger partial charge is 0.348 e. The third kappa shape index (κ3) is 4.10. The van der Waals surface area contributed by atoms with Gasteiger partial charge in [-0.1, -0.05) is 37.3 Å². The van der Waals surface area contributed by atoms with Gasteiger partial charge in [-0.25, -0.2) is 13.4 Å². The number of rotatable bonds is 4. The van der Waals surface area contributed by atoms with E-state index in [1.54, 1.807) is 18.3 Å². The normalized spacial score (nSPS) is 17.5. The first kappa shape index (κ1) is 18.1. The number of piperidine rings is 1. The number of anilines is 1. The summed E-state index contributed by atoms with van der Waals surface area (Å²) in [4.78, 5) is 20.0. The van der Waals surface area contributed by atoms with Gasteiger partial charge in [-0.2, -0.15) is 0 Å². The average molecular weight is 379 g/mol. The first-order valence-electron chi connectivity index (χ1n) is 8.21. The van der Waals surface area contributed by atoms with Gasteiger partial charge >= 0.3 is 0 Å². The van der Waals surface area contributed by atoms with Crippen molar-refractivity contribution < 1.29 is 13.2 Å². The zero-order valence-corrected chi connectivity index (χ0v) is 16.3. The third-order valence-electron chi connectivity index (χ3n) is 4.63. The lowest BCUT2D eigenvalue weighted by Gasteiger charge is -2.36. The van der Waals surface area contributed by atoms with Crippen LogP contribution in [0.25, 0.3) is 0 Å². The molecule has 1 fully saturated rings. The van der Waals surface area contributed by atoms with E-state index in [2.05, 4.69) is 23.7 Å². The van der Waals surface area contributed by atoms with Gasteiger partial charge in [0.15, 0.2) is 15.0 Å². The first-order chi connectivity index (χ1) is 11.7. The number of sulfone groups is 1. The highest BCUT2D eigenvalue weighted by Crippen LogP contribution is 2.34. The number of nitrogens with zero attached hydrogens (tertiary/aromatic N) is 2. The predicted octanol–water partition coefficient (Wildman–Crippen LogP) is 3.40. The van der Waals surface area contributed by atoms with Crippen LogP contribution < -0.4 is 4.90 Å². The Morgan fingerprint density at radius 3 is 2.56 bits per heavy atom. The fourth-order valence-electron chi connectivity index (χ4n) is 2.83. The summed E-state index contributed by atoms with van der Waals surface area (Å²) in [5.74, 6) is -0.188. The zero-order chi connectivity index (χ0) is 18.2. The molecular formula is C18H22N2O3S2. The summed E-state index contributed by atoms with van der Waals surface area (Å²) in [5, 5.41) is 0.859. The topological polar surface area (TPSA) is 67.3 Å². The van der Waals surface area contributed by atoms with E-state index in [0.717, 1.165) is 37.3 Å². The molecule has 0 bridgehead atoms. The van der Waals surface area contributed by atoms with Gasteiger partial charge in [0, 0.05) is 24.9 Å². The van der Waals surface area contributed by atoms with Crippen LogP contribution in [0.4, 0.5) is 5.13 Å². The molecule has 7 heteroatoms. The van der Waals surface area contributed by atoms with E-state index in [-0.39, 0.29) is 10.7 Å². The Morgan fingerprint density at radius 1 is 1.24 bits per heavy atom. The van der Waals surface area contributed by atoms with E-state index in [9.17, 15) is 13.2 Å². The molecule has 3 rings (SSSR count). The Hall–Kier alpha value is -1.73. The third-order valence-corrected chi connectivity index (χ3v) is 6.80. The second kappa shape index (κ2) is 6.53. The molecule has 134 valence electrons. The van der Waals surface area contributed by atoms with Gasteiger partial charge in [-0.3, -0.25) is 4.79 Å². The van der Waals surface area contributed by atoms with Crippen LogP contribution in [0.1, 0.15) is 41.9 Å². The number of carbonyl (C=O) groups excluding carboxylic acids is 1. The lowest BCUT2D eigenvalue weighted by molar-refractivity contribution is 0.104. The predicted molar refractivity (Wildman–Crippen MR) is 100 cm³/mol. The summed E-state index contributed by atoms with van der Waals surface area (Å²) in [6.07, 6.45) is 4.94. The van der Waals surface area contributed by atoms with Crippen LogP contribution in [0.2, 0.25) is 0 Å². The van der Waals surface area contributed by atoms with Crippen molar-refractivity contribution in [2.75, 3.05) is 24.2 Å². The molecule has 1 aliphatic rings. The standard InChI is InChI=1S/C18H22N2O3S2/c1-18(2)7-9-20(10-8-18)17-19-12-15(24-17)16(21)13-5-4-6-14(11-13)25(3,22)23/h4-6,11-12H,7-10H2,1-3H3. The summed E-state index contributed by atoms with van der Waals surface area (Å²) in [5.41, 5.74) is 0.733. The molecule has 0 radical (unpaired) electrons. The lowest BCUT2D eigenvalue weighted by atomic mass is 9.83. The quantitative estimate of drug-likeness (QED) is 0.763. The SMILES string of the molecule is CC1(C)CCN(c2ncc(C(=O)c3cccc(S(C)(=O)=O)c3)s2)CC1. The van der Waals surface area contributed by atoms with Gasteiger partial charge < -0.3 is 4.90 Å². The molecule has 0 unspecified atom stereocenters. The Bertz CT molecular complexity index is 891.